The lowest BCUT2D eigenvalue weighted by molar-refractivity contribution is -0.113. The summed E-state index contributed by atoms with van der Waals surface area (Å²) in [6.45, 7) is 3.96. The van der Waals surface area contributed by atoms with E-state index in [1.165, 1.54) is 30.2 Å². The van der Waals surface area contributed by atoms with Crippen LogP contribution in [0.25, 0.3) is 0 Å². The Kier molecular flexibility index (Phi) is 5.41. The molecule has 0 saturated heterocycles. The van der Waals surface area contributed by atoms with E-state index in [2.05, 4.69) is 15.3 Å². The molecule has 6 heteroatoms. The number of rotatable bonds is 4. The van der Waals surface area contributed by atoms with Gasteiger partial charge >= 0.3 is 0 Å². The van der Waals surface area contributed by atoms with E-state index in [1.807, 2.05) is 26.0 Å². The van der Waals surface area contributed by atoms with Gasteiger partial charge in [0, 0.05) is 22.1 Å². The molecule has 1 aliphatic rings. The summed E-state index contributed by atoms with van der Waals surface area (Å²) in [5.74, 6) is 0.227. The molecular formula is C18H20ClN3OS. The number of thioether (sulfide) groups is 1. The number of carbonyl (C=O) groups is 1. The Bertz CT molecular complexity index is 779. The van der Waals surface area contributed by atoms with Gasteiger partial charge in [0.2, 0.25) is 5.91 Å². The maximum absolute atomic E-state index is 12.2. The molecule has 0 unspecified atom stereocenters. The number of aromatic nitrogens is 2. The van der Waals surface area contributed by atoms with Gasteiger partial charge in [-0.2, -0.15) is 0 Å². The Morgan fingerprint density at radius 1 is 1.25 bits per heavy atom. The van der Waals surface area contributed by atoms with Crippen molar-refractivity contribution in [1.82, 2.24) is 9.97 Å². The highest BCUT2D eigenvalue weighted by molar-refractivity contribution is 7.99. The van der Waals surface area contributed by atoms with E-state index < -0.39 is 0 Å². The fraction of sp³-hybridized carbons (Fsp3) is 0.389. The first-order chi connectivity index (χ1) is 11.5. The van der Waals surface area contributed by atoms with Crippen LogP contribution < -0.4 is 5.32 Å². The molecule has 1 aromatic carbocycles. The Labute approximate surface area is 151 Å². The molecule has 24 heavy (non-hydrogen) atoms. The molecule has 0 atom stereocenters. The quantitative estimate of drug-likeness (QED) is 0.649. The van der Waals surface area contributed by atoms with Crippen LogP contribution in [0.3, 0.4) is 0 Å². The number of hydrogen-bond acceptors (Lipinski definition) is 4. The number of fused-ring (bicyclic) bond motifs is 1. The van der Waals surface area contributed by atoms with Crippen LogP contribution in [0.15, 0.2) is 23.4 Å². The summed E-state index contributed by atoms with van der Waals surface area (Å²) in [6, 6.07) is 5.42. The molecule has 1 aromatic heterocycles. The predicted molar refractivity (Wildman–Crippen MR) is 99.0 cm³/mol. The van der Waals surface area contributed by atoms with E-state index >= 15 is 0 Å². The fourth-order valence-corrected chi connectivity index (χ4v) is 3.84. The van der Waals surface area contributed by atoms with Crippen molar-refractivity contribution in [3.63, 3.8) is 0 Å². The molecule has 0 aliphatic heterocycles. The van der Waals surface area contributed by atoms with Crippen molar-refractivity contribution in [2.24, 2.45) is 0 Å². The van der Waals surface area contributed by atoms with Crippen molar-refractivity contribution in [2.75, 3.05) is 11.1 Å². The number of nitrogens with one attached hydrogen (secondary N) is 1. The van der Waals surface area contributed by atoms with Crippen LogP contribution in [0.5, 0.6) is 0 Å². The number of nitrogens with zero attached hydrogens (tertiary/aromatic N) is 2. The molecule has 1 aliphatic carbocycles. The minimum atomic E-state index is -0.0654. The number of amides is 1. The molecule has 0 bridgehead atoms. The molecule has 2 aromatic rings. The summed E-state index contributed by atoms with van der Waals surface area (Å²) in [6.07, 6.45) is 4.49. The van der Waals surface area contributed by atoms with Gasteiger partial charge in [-0.05, 0) is 68.9 Å². The lowest BCUT2D eigenvalue weighted by Crippen LogP contribution is -2.16. The molecular weight excluding hydrogens is 342 g/mol. The first-order valence-electron chi connectivity index (χ1n) is 8.08. The normalized spacial score (nSPS) is 13.5. The number of hydrogen-bond donors (Lipinski definition) is 1. The maximum Gasteiger partial charge on any atom is 0.234 e. The zero-order valence-corrected chi connectivity index (χ0v) is 15.4. The molecule has 3 rings (SSSR count). The van der Waals surface area contributed by atoms with Gasteiger partial charge in [-0.1, -0.05) is 23.4 Å². The second-order valence-electron chi connectivity index (χ2n) is 6.02. The first-order valence-corrected chi connectivity index (χ1v) is 9.44. The minimum absolute atomic E-state index is 0.0654. The standard InChI is InChI=1S/C18H20ClN3OS/c1-11-9-13(19)7-8-15(11)21-17(23)10-24-18-20-12(2)14-5-3-4-6-16(14)22-18/h7-9H,3-6,10H2,1-2H3,(H,21,23). The fourth-order valence-electron chi connectivity index (χ4n) is 2.90. The first kappa shape index (κ1) is 17.2. The van der Waals surface area contributed by atoms with Crippen molar-refractivity contribution in [2.45, 2.75) is 44.7 Å². The molecule has 1 heterocycles. The molecule has 1 amide bonds. The number of halogens is 1. The molecule has 126 valence electrons. The van der Waals surface area contributed by atoms with Gasteiger partial charge in [0.05, 0.1) is 5.75 Å². The van der Waals surface area contributed by atoms with Crippen molar-refractivity contribution >= 4 is 35.0 Å². The maximum atomic E-state index is 12.2. The van der Waals surface area contributed by atoms with Crippen molar-refractivity contribution < 1.29 is 4.79 Å². The third kappa shape index (κ3) is 4.08. The molecule has 0 spiro atoms. The highest BCUT2D eigenvalue weighted by Gasteiger charge is 2.16. The zero-order chi connectivity index (χ0) is 17.1. The summed E-state index contributed by atoms with van der Waals surface area (Å²) in [5.41, 5.74) is 5.24. The Balaban J connectivity index is 1.63. The highest BCUT2D eigenvalue weighted by Crippen LogP contribution is 2.25. The van der Waals surface area contributed by atoms with Crippen LogP contribution in [0.4, 0.5) is 5.69 Å². The summed E-state index contributed by atoms with van der Waals surface area (Å²) >= 11 is 7.32. The average molecular weight is 362 g/mol. The molecule has 4 nitrogen and oxygen atoms in total. The SMILES string of the molecule is Cc1cc(Cl)ccc1NC(=O)CSc1nc(C)c2c(n1)CCCC2. The second-order valence-corrected chi connectivity index (χ2v) is 7.40. The molecule has 0 radical (unpaired) electrons. The van der Waals surface area contributed by atoms with E-state index in [1.54, 1.807) is 6.07 Å². The van der Waals surface area contributed by atoms with E-state index in [0.29, 0.717) is 15.9 Å². The van der Waals surface area contributed by atoms with E-state index in [9.17, 15) is 4.79 Å². The van der Waals surface area contributed by atoms with Crippen LogP contribution in [-0.4, -0.2) is 21.6 Å². The van der Waals surface area contributed by atoms with Crippen LogP contribution >= 0.6 is 23.4 Å². The topological polar surface area (TPSA) is 54.9 Å². The summed E-state index contributed by atoms with van der Waals surface area (Å²) in [4.78, 5) is 21.4. The van der Waals surface area contributed by atoms with Gasteiger partial charge in [-0.3, -0.25) is 4.79 Å². The number of benzene rings is 1. The molecule has 0 saturated carbocycles. The van der Waals surface area contributed by atoms with Crippen LogP contribution in [0.1, 0.15) is 35.4 Å². The van der Waals surface area contributed by atoms with Crippen molar-refractivity contribution in [1.29, 1.82) is 0 Å². The summed E-state index contributed by atoms with van der Waals surface area (Å²) in [5, 5.41) is 4.27. The Hall–Kier alpha value is -1.59. The Morgan fingerprint density at radius 3 is 2.83 bits per heavy atom. The summed E-state index contributed by atoms with van der Waals surface area (Å²) < 4.78 is 0. The van der Waals surface area contributed by atoms with E-state index in [-0.39, 0.29) is 5.91 Å². The van der Waals surface area contributed by atoms with Crippen LogP contribution in [-0.2, 0) is 17.6 Å². The Morgan fingerprint density at radius 2 is 2.04 bits per heavy atom. The highest BCUT2D eigenvalue weighted by atomic mass is 35.5. The third-order valence-electron chi connectivity index (χ3n) is 4.16. The molecule has 1 N–H and O–H groups in total. The third-order valence-corrected chi connectivity index (χ3v) is 5.25. The number of aryl methyl sites for hydroxylation is 3. The van der Waals surface area contributed by atoms with Crippen LogP contribution in [0.2, 0.25) is 5.02 Å². The van der Waals surface area contributed by atoms with Gasteiger partial charge in [-0.25, -0.2) is 9.97 Å². The average Bonchev–Trinajstić information content (AvgIpc) is 2.56. The second kappa shape index (κ2) is 7.53. The van der Waals surface area contributed by atoms with Gasteiger partial charge in [-0.15, -0.1) is 0 Å². The van der Waals surface area contributed by atoms with E-state index in [4.69, 9.17) is 11.6 Å². The number of carbonyl (C=O) groups excluding carboxylic acids is 1. The lowest BCUT2D eigenvalue weighted by Gasteiger charge is -2.17. The van der Waals surface area contributed by atoms with Gasteiger partial charge in [0.1, 0.15) is 0 Å². The molecule has 0 fully saturated rings. The van der Waals surface area contributed by atoms with Crippen molar-refractivity contribution in [3.05, 3.63) is 45.7 Å². The largest absolute Gasteiger partial charge is 0.325 e. The van der Waals surface area contributed by atoms with E-state index in [0.717, 1.165) is 35.5 Å². The minimum Gasteiger partial charge on any atom is -0.325 e. The van der Waals surface area contributed by atoms with Crippen molar-refractivity contribution in [3.8, 4) is 0 Å². The smallest absolute Gasteiger partial charge is 0.234 e. The zero-order valence-electron chi connectivity index (χ0n) is 13.9. The number of anilines is 1. The van der Waals surface area contributed by atoms with Gasteiger partial charge < -0.3 is 5.32 Å². The summed E-state index contributed by atoms with van der Waals surface area (Å²) in [7, 11) is 0. The monoisotopic (exact) mass is 361 g/mol. The van der Waals surface area contributed by atoms with Gasteiger partial charge in [0.15, 0.2) is 5.16 Å². The van der Waals surface area contributed by atoms with Gasteiger partial charge in [0.25, 0.3) is 0 Å². The van der Waals surface area contributed by atoms with Crippen LogP contribution in [0, 0.1) is 13.8 Å². The predicted octanol–water partition coefficient (Wildman–Crippen LogP) is 4.36. The lowest BCUT2D eigenvalue weighted by atomic mass is 9.95.